The van der Waals surface area contributed by atoms with Crippen LogP contribution < -0.4 is 9.47 Å². The summed E-state index contributed by atoms with van der Waals surface area (Å²) < 4.78 is 11.1. The molecule has 0 aliphatic heterocycles. The van der Waals surface area contributed by atoms with Gasteiger partial charge in [-0.25, -0.2) is 0 Å². The van der Waals surface area contributed by atoms with Gasteiger partial charge in [0.1, 0.15) is 0 Å². The van der Waals surface area contributed by atoms with Crippen molar-refractivity contribution in [3.8, 4) is 11.5 Å². The molecule has 100 valence electrons. The van der Waals surface area contributed by atoms with E-state index in [2.05, 4.69) is 4.90 Å². The van der Waals surface area contributed by atoms with Crippen LogP contribution in [0.3, 0.4) is 0 Å². The van der Waals surface area contributed by atoms with Crippen LogP contribution in [0.15, 0.2) is 18.2 Å². The highest BCUT2D eigenvalue weighted by atomic mass is 16.5. The number of carbonyl (C=O) groups is 1. The van der Waals surface area contributed by atoms with Crippen LogP contribution in [0.5, 0.6) is 11.5 Å². The van der Waals surface area contributed by atoms with E-state index in [0.717, 1.165) is 19.3 Å². The SMILES string of the molecule is CCOc1cccc(C=O)c1OCCCN(C)C. The first-order chi connectivity index (χ1) is 8.69. The quantitative estimate of drug-likeness (QED) is 0.524. The Bertz CT molecular complexity index is 377. The van der Waals surface area contributed by atoms with Crippen LogP contribution >= 0.6 is 0 Å². The smallest absolute Gasteiger partial charge is 0.171 e. The molecule has 0 heterocycles. The number of hydrogen-bond donors (Lipinski definition) is 0. The first kappa shape index (κ1) is 14.5. The summed E-state index contributed by atoms with van der Waals surface area (Å²) in [6, 6.07) is 5.34. The van der Waals surface area contributed by atoms with Gasteiger partial charge in [-0.05, 0) is 39.6 Å². The van der Waals surface area contributed by atoms with Crippen LogP contribution in [-0.4, -0.2) is 45.0 Å². The normalized spacial score (nSPS) is 10.4. The number of benzene rings is 1. The van der Waals surface area contributed by atoms with Crippen molar-refractivity contribution in [3.63, 3.8) is 0 Å². The van der Waals surface area contributed by atoms with Gasteiger partial charge in [-0.1, -0.05) is 6.07 Å². The van der Waals surface area contributed by atoms with Crippen LogP contribution in [0.4, 0.5) is 0 Å². The molecule has 0 bridgehead atoms. The molecule has 0 N–H and O–H groups in total. The Morgan fingerprint density at radius 3 is 2.67 bits per heavy atom. The molecular weight excluding hydrogens is 230 g/mol. The highest BCUT2D eigenvalue weighted by Gasteiger charge is 2.10. The third-order valence-electron chi connectivity index (χ3n) is 2.43. The van der Waals surface area contributed by atoms with Crippen LogP contribution in [-0.2, 0) is 0 Å². The predicted octanol–water partition coefficient (Wildman–Crippen LogP) is 2.23. The number of nitrogens with zero attached hydrogens (tertiary/aromatic N) is 1. The lowest BCUT2D eigenvalue weighted by Gasteiger charge is -2.14. The molecule has 0 aliphatic rings. The molecular formula is C14H21NO3. The van der Waals surface area contributed by atoms with Crippen molar-refractivity contribution < 1.29 is 14.3 Å². The van der Waals surface area contributed by atoms with Crippen molar-refractivity contribution in [2.75, 3.05) is 33.9 Å². The molecule has 0 radical (unpaired) electrons. The van der Waals surface area contributed by atoms with Gasteiger partial charge in [0.25, 0.3) is 0 Å². The highest BCUT2D eigenvalue weighted by Crippen LogP contribution is 2.30. The number of rotatable bonds is 8. The largest absolute Gasteiger partial charge is 0.490 e. The van der Waals surface area contributed by atoms with Crippen molar-refractivity contribution in [2.45, 2.75) is 13.3 Å². The Balaban J connectivity index is 2.68. The van der Waals surface area contributed by atoms with Gasteiger partial charge in [0.05, 0.1) is 18.8 Å². The van der Waals surface area contributed by atoms with Gasteiger partial charge in [-0.2, -0.15) is 0 Å². The van der Waals surface area contributed by atoms with Gasteiger partial charge in [0.2, 0.25) is 0 Å². The monoisotopic (exact) mass is 251 g/mol. The van der Waals surface area contributed by atoms with Crippen LogP contribution in [0.2, 0.25) is 0 Å². The van der Waals surface area contributed by atoms with Gasteiger partial charge < -0.3 is 14.4 Å². The van der Waals surface area contributed by atoms with E-state index in [1.807, 2.05) is 27.1 Å². The van der Waals surface area contributed by atoms with E-state index in [-0.39, 0.29) is 0 Å². The average Bonchev–Trinajstić information content (AvgIpc) is 2.35. The third kappa shape index (κ3) is 4.37. The molecule has 4 nitrogen and oxygen atoms in total. The molecule has 1 aromatic rings. The number of aldehydes is 1. The highest BCUT2D eigenvalue weighted by molar-refractivity contribution is 5.81. The molecule has 0 aliphatic carbocycles. The molecule has 4 heteroatoms. The second kappa shape index (κ2) is 7.71. The van der Waals surface area contributed by atoms with E-state index in [0.29, 0.717) is 30.3 Å². The van der Waals surface area contributed by atoms with E-state index in [1.54, 1.807) is 12.1 Å². The van der Waals surface area contributed by atoms with E-state index in [9.17, 15) is 4.79 Å². The topological polar surface area (TPSA) is 38.8 Å². The fourth-order valence-corrected chi connectivity index (χ4v) is 1.60. The van der Waals surface area contributed by atoms with Crippen LogP contribution in [0.1, 0.15) is 23.7 Å². The Labute approximate surface area is 108 Å². The molecule has 0 amide bonds. The first-order valence-corrected chi connectivity index (χ1v) is 6.17. The lowest BCUT2D eigenvalue weighted by Crippen LogP contribution is -2.16. The number of carbonyl (C=O) groups excluding carboxylic acids is 1. The Hall–Kier alpha value is -1.55. The first-order valence-electron chi connectivity index (χ1n) is 6.17. The summed E-state index contributed by atoms with van der Waals surface area (Å²) in [5.74, 6) is 1.18. The summed E-state index contributed by atoms with van der Waals surface area (Å²) in [6.45, 7) is 3.98. The minimum absolute atomic E-state index is 0.533. The number of ether oxygens (including phenoxy) is 2. The minimum atomic E-state index is 0.533. The predicted molar refractivity (Wildman–Crippen MR) is 71.7 cm³/mol. The molecule has 1 rings (SSSR count). The average molecular weight is 251 g/mol. The number of hydrogen-bond acceptors (Lipinski definition) is 4. The lowest BCUT2D eigenvalue weighted by atomic mass is 10.2. The van der Waals surface area contributed by atoms with Crippen LogP contribution in [0.25, 0.3) is 0 Å². The zero-order valence-corrected chi connectivity index (χ0v) is 11.3. The zero-order chi connectivity index (χ0) is 13.4. The maximum Gasteiger partial charge on any atom is 0.171 e. The maximum absolute atomic E-state index is 11.0. The maximum atomic E-state index is 11.0. The van der Waals surface area contributed by atoms with Gasteiger partial charge >= 0.3 is 0 Å². The molecule has 0 saturated heterocycles. The van der Waals surface area contributed by atoms with E-state index >= 15 is 0 Å². The molecule has 1 aromatic carbocycles. The Morgan fingerprint density at radius 1 is 1.28 bits per heavy atom. The van der Waals surface area contributed by atoms with Gasteiger partial charge in [0.15, 0.2) is 17.8 Å². The summed E-state index contributed by atoms with van der Waals surface area (Å²) >= 11 is 0. The Morgan fingerprint density at radius 2 is 2.06 bits per heavy atom. The summed E-state index contributed by atoms with van der Waals surface area (Å²) in [5, 5.41) is 0. The molecule has 0 aromatic heterocycles. The fraction of sp³-hybridized carbons (Fsp3) is 0.500. The van der Waals surface area contributed by atoms with Crippen molar-refractivity contribution >= 4 is 6.29 Å². The van der Waals surface area contributed by atoms with Gasteiger partial charge in [-0.3, -0.25) is 4.79 Å². The second-order valence-electron chi connectivity index (χ2n) is 4.23. The van der Waals surface area contributed by atoms with Crippen molar-refractivity contribution in [1.29, 1.82) is 0 Å². The molecule has 0 spiro atoms. The summed E-state index contributed by atoms with van der Waals surface area (Å²) in [5.41, 5.74) is 0.533. The molecule has 0 unspecified atom stereocenters. The van der Waals surface area contributed by atoms with Gasteiger partial charge in [-0.15, -0.1) is 0 Å². The van der Waals surface area contributed by atoms with Crippen LogP contribution in [0, 0.1) is 0 Å². The fourth-order valence-electron chi connectivity index (χ4n) is 1.60. The second-order valence-corrected chi connectivity index (χ2v) is 4.23. The molecule has 0 atom stereocenters. The molecule has 18 heavy (non-hydrogen) atoms. The third-order valence-corrected chi connectivity index (χ3v) is 2.43. The van der Waals surface area contributed by atoms with E-state index < -0.39 is 0 Å². The zero-order valence-electron chi connectivity index (χ0n) is 11.3. The molecule has 0 fully saturated rings. The van der Waals surface area contributed by atoms with E-state index in [1.165, 1.54) is 0 Å². The molecule has 0 saturated carbocycles. The van der Waals surface area contributed by atoms with Crippen molar-refractivity contribution in [1.82, 2.24) is 4.90 Å². The van der Waals surface area contributed by atoms with E-state index in [4.69, 9.17) is 9.47 Å². The van der Waals surface area contributed by atoms with Gasteiger partial charge in [0, 0.05) is 6.54 Å². The van der Waals surface area contributed by atoms with Crippen molar-refractivity contribution in [2.24, 2.45) is 0 Å². The van der Waals surface area contributed by atoms with Crippen molar-refractivity contribution in [3.05, 3.63) is 23.8 Å². The summed E-state index contributed by atoms with van der Waals surface area (Å²) in [6.07, 6.45) is 1.70. The summed E-state index contributed by atoms with van der Waals surface area (Å²) in [4.78, 5) is 13.1. The Kier molecular flexibility index (Phi) is 6.22. The summed E-state index contributed by atoms with van der Waals surface area (Å²) in [7, 11) is 4.04. The lowest BCUT2D eigenvalue weighted by molar-refractivity contribution is 0.111. The number of para-hydroxylation sites is 1. The minimum Gasteiger partial charge on any atom is -0.490 e. The standard InChI is InChI=1S/C14H21NO3/c1-4-17-13-8-5-7-12(11-16)14(13)18-10-6-9-15(2)3/h5,7-8,11H,4,6,9-10H2,1-3H3.